The maximum Gasteiger partial charge on any atom is 1.00 e. The Morgan fingerprint density at radius 3 is 1.24 bits per heavy atom. The first-order valence-electron chi connectivity index (χ1n) is 13.0. The van der Waals surface area contributed by atoms with Crippen LogP contribution in [0.4, 0.5) is 0 Å². The molecule has 0 saturated heterocycles. The molecule has 0 amide bonds. The normalized spacial score (nSPS) is 13.1. The van der Waals surface area contributed by atoms with Gasteiger partial charge >= 0.3 is 118 Å². The summed E-state index contributed by atoms with van der Waals surface area (Å²) < 4.78 is 30.9. The first kappa shape index (κ1) is 50.1. The second-order valence-electron chi connectivity index (χ2n) is 9.72. The van der Waals surface area contributed by atoms with Crippen LogP contribution in [0, 0.1) is 0 Å². The molecule has 0 saturated carbocycles. The number of phenolic OH excluding ortho intramolecular Hbond substituents is 2. The fraction of sp³-hybridized carbons (Fsp3) is 0.241. The van der Waals surface area contributed by atoms with E-state index in [0.717, 1.165) is 9.80 Å². The Kier molecular flexibility index (Phi) is 23.3. The van der Waals surface area contributed by atoms with Gasteiger partial charge in [-0.1, -0.05) is 42.5 Å². The summed E-state index contributed by atoms with van der Waals surface area (Å²) in [6, 6.07) is 19.0. The quantitative estimate of drug-likeness (QED) is 0.122. The molecule has 4 rings (SSSR count). The van der Waals surface area contributed by atoms with Gasteiger partial charge in [0.15, 0.2) is 5.60 Å². The molecule has 1 aliphatic heterocycles. The van der Waals surface area contributed by atoms with E-state index in [-0.39, 0.29) is 148 Å². The first-order valence-corrected chi connectivity index (χ1v) is 14.4. The number of phenols is 2. The predicted molar refractivity (Wildman–Crippen MR) is 144 cm³/mol. The number of benzene rings is 3. The number of nitrogens with zero attached hydrogens (tertiary/aromatic N) is 2. The van der Waals surface area contributed by atoms with Crippen molar-refractivity contribution < 1.29 is 181 Å². The molecular weight excluding hydrogens is 708 g/mol. The van der Waals surface area contributed by atoms with Gasteiger partial charge in [-0.25, -0.2) is 4.18 Å². The van der Waals surface area contributed by atoms with Gasteiger partial charge in [0.2, 0.25) is 0 Å². The largest absolute Gasteiger partial charge is 1.00 e. The molecule has 240 valence electrons. The average Bonchev–Trinajstić information content (AvgIpc) is 3.19. The van der Waals surface area contributed by atoms with Crippen molar-refractivity contribution in [3.63, 3.8) is 0 Å². The number of carboxylic acid groups (broad SMARTS) is 4. The summed E-state index contributed by atoms with van der Waals surface area (Å²) in [5.41, 5.74) is 0.233. The summed E-state index contributed by atoms with van der Waals surface area (Å²) >= 11 is 0. The third-order valence-corrected chi connectivity index (χ3v) is 7.83. The van der Waals surface area contributed by atoms with Crippen LogP contribution in [0.25, 0.3) is 0 Å². The van der Waals surface area contributed by atoms with Crippen LogP contribution in [0.15, 0.2) is 77.7 Å². The molecule has 15 nitrogen and oxygen atoms in total. The number of carboxylic acids is 4. The second kappa shape index (κ2) is 22.8. The second-order valence-corrected chi connectivity index (χ2v) is 11.2. The third kappa shape index (κ3) is 14.5. The van der Waals surface area contributed by atoms with Crippen LogP contribution >= 0.6 is 0 Å². The molecule has 2 N–H and O–H groups in total. The van der Waals surface area contributed by atoms with E-state index >= 15 is 0 Å². The molecule has 0 aliphatic carbocycles. The Bertz CT molecular complexity index is 1550. The summed E-state index contributed by atoms with van der Waals surface area (Å²) in [5.74, 6) is -5.98. The molecule has 0 bridgehead atoms. The van der Waals surface area contributed by atoms with Crippen LogP contribution in [0.2, 0.25) is 0 Å². The van der Waals surface area contributed by atoms with Gasteiger partial charge in [-0.2, -0.15) is 8.42 Å². The smallest absolute Gasteiger partial charge is 0.549 e. The Morgan fingerprint density at radius 1 is 0.592 bits per heavy atom. The van der Waals surface area contributed by atoms with Crippen LogP contribution in [0.5, 0.6) is 11.5 Å². The zero-order chi connectivity index (χ0) is 33.4. The van der Waals surface area contributed by atoms with E-state index in [1.807, 2.05) is 0 Å². The molecule has 0 atom stereocenters. The molecule has 1 heterocycles. The van der Waals surface area contributed by atoms with Gasteiger partial charge in [0.05, 0.1) is 23.9 Å². The van der Waals surface area contributed by atoms with Gasteiger partial charge in [-0.05, 0) is 41.5 Å². The summed E-state index contributed by atoms with van der Waals surface area (Å²) in [6.07, 6.45) is 0. The number of fused-ring (bicyclic) bond motifs is 1. The Hall–Kier alpha value is -1.03. The van der Waals surface area contributed by atoms with E-state index in [2.05, 4.69) is 0 Å². The topological polar surface area (TPSA) is 251 Å². The first-order chi connectivity index (χ1) is 21.1. The van der Waals surface area contributed by atoms with E-state index in [1.54, 1.807) is 42.5 Å². The van der Waals surface area contributed by atoms with E-state index in [0.29, 0.717) is 16.7 Å². The molecule has 20 heteroatoms. The monoisotopic (exact) mass is 734 g/mol. The molecule has 0 spiro atoms. The maximum absolute atomic E-state index is 12.6. The van der Waals surface area contributed by atoms with E-state index < -0.39 is 65.8 Å². The van der Waals surface area contributed by atoms with Crippen molar-refractivity contribution in [3.8, 4) is 11.5 Å². The minimum Gasteiger partial charge on any atom is -0.549 e. The van der Waals surface area contributed by atoms with Crippen molar-refractivity contribution in [1.82, 2.24) is 9.80 Å². The van der Waals surface area contributed by atoms with E-state index in [1.165, 1.54) is 30.3 Å². The summed E-state index contributed by atoms with van der Waals surface area (Å²) in [7, 11) is -3.95. The Balaban J connectivity index is 0. The molecule has 0 unspecified atom stereocenters. The number of aromatic hydroxyl groups is 2. The molecule has 0 radical (unpaired) electrons. The number of aliphatic carboxylic acids is 4. The van der Waals surface area contributed by atoms with E-state index in [4.69, 9.17) is 4.18 Å². The van der Waals surface area contributed by atoms with Gasteiger partial charge in [-0.15, -0.1) is 0 Å². The summed E-state index contributed by atoms with van der Waals surface area (Å²) in [6.45, 7) is -3.25. The van der Waals surface area contributed by atoms with Crippen LogP contribution in [-0.4, -0.2) is 91.6 Å². The standard InChI is InChI=1S/C19H14O5S.C10H16N2O8.4Na/c20-15-9-5-13(6-10-15)19(14-7-11-16(21)12-8-14)17-3-1-2-4-18(17)25(22,23)24-19;13-7(14)3-11(4-8(15)16)1-2-12(5-9(17)18)6-10(19)20;;;;/h1-12,20-21H;1-6H2,(H,13,14)(H,15,16)(H,17,18)(H,19,20);;;;/q;;4*+1/p-4. The maximum atomic E-state index is 12.6. The predicted octanol–water partition coefficient (Wildman–Crippen LogP) is -16.3. The summed E-state index contributed by atoms with van der Waals surface area (Å²) in [5, 5.41) is 60.8. The van der Waals surface area contributed by atoms with Crippen molar-refractivity contribution >= 4 is 34.0 Å². The Labute approximate surface area is 370 Å². The number of hydrogen-bond donors (Lipinski definition) is 2. The van der Waals surface area contributed by atoms with Crippen molar-refractivity contribution in [2.45, 2.75) is 10.5 Å². The molecule has 3 aromatic carbocycles. The fourth-order valence-electron chi connectivity index (χ4n) is 4.64. The van der Waals surface area contributed by atoms with E-state index in [9.17, 15) is 58.2 Å². The van der Waals surface area contributed by atoms with Gasteiger partial charge in [0.1, 0.15) is 16.4 Å². The minimum atomic E-state index is -3.95. The third-order valence-electron chi connectivity index (χ3n) is 6.46. The number of carbonyl (C=O) groups excluding carboxylic acids is 4. The zero-order valence-corrected chi connectivity index (χ0v) is 36.2. The molecule has 0 fully saturated rings. The van der Waals surface area contributed by atoms with Crippen LogP contribution in [-0.2, 0) is 39.1 Å². The molecule has 1 aliphatic rings. The minimum absolute atomic E-state index is 0. The molecule has 0 aromatic heterocycles. The number of hydrogen-bond acceptors (Lipinski definition) is 15. The molecule has 49 heavy (non-hydrogen) atoms. The van der Waals surface area contributed by atoms with Gasteiger partial charge in [-0.3, -0.25) is 9.80 Å². The van der Waals surface area contributed by atoms with Gasteiger partial charge in [0.25, 0.3) is 10.1 Å². The number of rotatable bonds is 13. The van der Waals surface area contributed by atoms with Crippen LogP contribution in [0.3, 0.4) is 0 Å². The molecule has 3 aromatic rings. The molecular formula is C29H26N2Na4O13S. The van der Waals surface area contributed by atoms with Crippen LogP contribution in [0.1, 0.15) is 16.7 Å². The van der Waals surface area contributed by atoms with Gasteiger partial charge < -0.3 is 49.8 Å². The Morgan fingerprint density at radius 2 is 0.918 bits per heavy atom. The van der Waals surface area contributed by atoms with Crippen molar-refractivity contribution in [3.05, 3.63) is 89.5 Å². The number of carbonyl (C=O) groups is 4. The van der Waals surface area contributed by atoms with Gasteiger partial charge in [0, 0.05) is 44.8 Å². The fourth-order valence-corrected chi connectivity index (χ4v) is 6.06. The van der Waals surface area contributed by atoms with Crippen molar-refractivity contribution in [2.24, 2.45) is 0 Å². The van der Waals surface area contributed by atoms with Crippen molar-refractivity contribution in [2.75, 3.05) is 39.3 Å². The summed E-state index contributed by atoms with van der Waals surface area (Å²) in [4.78, 5) is 43.5. The van der Waals surface area contributed by atoms with Crippen LogP contribution < -0.4 is 139 Å². The van der Waals surface area contributed by atoms with Crippen molar-refractivity contribution in [1.29, 1.82) is 0 Å². The SMILES string of the molecule is O=C([O-])CN(CCN(CC(=O)[O-])CC(=O)[O-])CC(=O)[O-].O=S1(=O)OC(c2ccc(O)cc2)(c2ccc(O)cc2)c2ccccc21.[Na+].[Na+].[Na+].[Na+]. The zero-order valence-electron chi connectivity index (χ0n) is 27.4. The average molecular weight is 735 g/mol.